The normalized spacial score (nSPS) is 28.8. The number of rotatable bonds is 2. The van der Waals surface area contributed by atoms with E-state index in [4.69, 9.17) is 9.84 Å². The first-order valence-corrected chi connectivity index (χ1v) is 7.91. The van der Waals surface area contributed by atoms with Crippen molar-refractivity contribution in [3.63, 3.8) is 0 Å². The molecule has 0 radical (unpaired) electrons. The van der Waals surface area contributed by atoms with Gasteiger partial charge in [-0.2, -0.15) is 5.10 Å². The number of aryl methyl sites for hydroxylation is 1. The molecule has 114 valence electrons. The van der Waals surface area contributed by atoms with Crippen LogP contribution in [0.1, 0.15) is 49.4 Å². The summed E-state index contributed by atoms with van der Waals surface area (Å²) in [5, 5.41) is 7.97. The third kappa shape index (κ3) is 1.92. The van der Waals surface area contributed by atoms with Gasteiger partial charge in [0.05, 0.1) is 24.6 Å². The van der Waals surface area contributed by atoms with E-state index in [2.05, 4.69) is 28.7 Å². The van der Waals surface area contributed by atoms with Crippen LogP contribution in [-0.4, -0.2) is 46.4 Å². The third-order valence-electron chi connectivity index (χ3n) is 4.80. The fourth-order valence-electron chi connectivity index (χ4n) is 3.81. The van der Waals surface area contributed by atoms with Crippen LogP contribution in [0.3, 0.4) is 0 Å². The maximum Gasteiger partial charge on any atom is 0.241 e. The molecule has 0 spiro atoms. The molecule has 21 heavy (non-hydrogen) atoms. The van der Waals surface area contributed by atoms with Crippen molar-refractivity contribution in [2.75, 3.05) is 19.8 Å². The molecule has 6 heteroatoms. The van der Waals surface area contributed by atoms with Crippen LogP contribution in [0.5, 0.6) is 0 Å². The summed E-state index contributed by atoms with van der Waals surface area (Å²) in [5.74, 6) is 0.0861. The number of morpholine rings is 1. The number of aromatic nitrogens is 2. The van der Waals surface area contributed by atoms with Crippen molar-refractivity contribution < 1.29 is 9.53 Å². The lowest BCUT2D eigenvalue weighted by Gasteiger charge is -2.32. The SMILES string of the molecule is CC(C)n1nc2c(c1C1NC(=O)[C@H]3COCCN13)CCC2. The monoisotopic (exact) mass is 290 g/mol. The van der Waals surface area contributed by atoms with Gasteiger partial charge in [-0.1, -0.05) is 0 Å². The Bertz CT molecular complexity index is 580. The largest absolute Gasteiger partial charge is 0.378 e. The van der Waals surface area contributed by atoms with Crippen LogP contribution in [0.2, 0.25) is 0 Å². The Hall–Kier alpha value is -1.40. The molecule has 1 N–H and O–H groups in total. The van der Waals surface area contributed by atoms with Gasteiger partial charge in [0.2, 0.25) is 5.91 Å². The van der Waals surface area contributed by atoms with Gasteiger partial charge in [-0.15, -0.1) is 0 Å². The van der Waals surface area contributed by atoms with Gasteiger partial charge in [0, 0.05) is 18.2 Å². The number of fused-ring (bicyclic) bond motifs is 2. The van der Waals surface area contributed by atoms with E-state index < -0.39 is 0 Å². The van der Waals surface area contributed by atoms with Crippen molar-refractivity contribution in [2.45, 2.75) is 51.4 Å². The highest BCUT2D eigenvalue weighted by molar-refractivity contribution is 5.84. The van der Waals surface area contributed by atoms with E-state index in [0.29, 0.717) is 19.3 Å². The molecule has 2 saturated heterocycles. The number of carbonyl (C=O) groups is 1. The van der Waals surface area contributed by atoms with Crippen LogP contribution in [-0.2, 0) is 22.4 Å². The molecule has 6 nitrogen and oxygen atoms in total. The molecule has 2 atom stereocenters. The molecule has 3 heterocycles. The molecule has 3 aliphatic rings. The summed E-state index contributed by atoms with van der Waals surface area (Å²) in [7, 11) is 0. The van der Waals surface area contributed by atoms with Gasteiger partial charge >= 0.3 is 0 Å². The molecule has 1 aromatic heterocycles. The summed E-state index contributed by atoms with van der Waals surface area (Å²) in [4.78, 5) is 14.5. The number of nitrogens with zero attached hydrogens (tertiary/aromatic N) is 3. The highest BCUT2D eigenvalue weighted by atomic mass is 16.5. The van der Waals surface area contributed by atoms with Gasteiger partial charge in [0.1, 0.15) is 12.2 Å². The van der Waals surface area contributed by atoms with Crippen LogP contribution >= 0.6 is 0 Å². The third-order valence-corrected chi connectivity index (χ3v) is 4.80. The molecule has 1 unspecified atom stereocenters. The van der Waals surface area contributed by atoms with E-state index in [1.54, 1.807) is 0 Å². The second-order valence-electron chi connectivity index (χ2n) is 6.44. The van der Waals surface area contributed by atoms with Gasteiger partial charge in [0.15, 0.2) is 0 Å². The minimum absolute atomic E-state index is 0.0388. The van der Waals surface area contributed by atoms with Crippen LogP contribution in [0.4, 0.5) is 0 Å². The second kappa shape index (κ2) is 4.81. The zero-order valence-corrected chi connectivity index (χ0v) is 12.6. The first kappa shape index (κ1) is 13.3. The van der Waals surface area contributed by atoms with Crippen LogP contribution in [0.25, 0.3) is 0 Å². The molecule has 2 fully saturated rings. The lowest BCUT2D eigenvalue weighted by Crippen LogP contribution is -2.45. The maximum atomic E-state index is 12.2. The number of hydrogen-bond acceptors (Lipinski definition) is 4. The molecule has 0 saturated carbocycles. The fourth-order valence-corrected chi connectivity index (χ4v) is 3.81. The van der Waals surface area contributed by atoms with E-state index in [0.717, 1.165) is 19.4 Å². The number of carbonyl (C=O) groups excluding carboxylic acids is 1. The van der Waals surface area contributed by atoms with Crippen molar-refractivity contribution in [3.8, 4) is 0 Å². The van der Waals surface area contributed by atoms with Gasteiger partial charge in [0.25, 0.3) is 0 Å². The van der Waals surface area contributed by atoms with Crippen molar-refractivity contribution in [2.24, 2.45) is 0 Å². The molecule has 0 bridgehead atoms. The zero-order chi connectivity index (χ0) is 14.6. The van der Waals surface area contributed by atoms with Crippen molar-refractivity contribution in [1.82, 2.24) is 20.0 Å². The Balaban J connectivity index is 1.77. The lowest BCUT2D eigenvalue weighted by molar-refractivity contribution is -0.125. The Morgan fingerprint density at radius 2 is 2.24 bits per heavy atom. The lowest BCUT2D eigenvalue weighted by atomic mass is 10.1. The van der Waals surface area contributed by atoms with Gasteiger partial charge in [-0.3, -0.25) is 14.4 Å². The van der Waals surface area contributed by atoms with Crippen LogP contribution in [0.15, 0.2) is 0 Å². The molecule has 4 rings (SSSR count). The zero-order valence-electron chi connectivity index (χ0n) is 12.6. The standard InChI is InChI=1S/C15H22N4O2/c1-9(2)19-13(10-4-3-5-11(10)17-19)14-16-15(20)12-8-21-7-6-18(12)14/h9,12,14H,3-8H2,1-2H3,(H,16,20)/t12-,14?/m1/s1. The minimum Gasteiger partial charge on any atom is -0.378 e. The van der Waals surface area contributed by atoms with E-state index in [-0.39, 0.29) is 18.1 Å². The van der Waals surface area contributed by atoms with E-state index in [1.807, 2.05) is 0 Å². The van der Waals surface area contributed by atoms with E-state index in [1.165, 1.54) is 23.4 Å². The molecule has 1 amide bonds. The molecule has 1 aromatic rings. The summed E-state index contributed by atoms with van der Waals surface area (Å²) < 4.78 is 7.58. The number of nitrogens with one attached hydrogen (secondary N) is 1. The minimum atomic E-state index is -0.142. The van der Waals surface area contributed by atoms with Crippen molar-refractivity contribution in [1.29, 1.82) is 0 Å². The predicted molar refractivity (Wildman–Crippen MR) is 76.8 cm³/mol. The Kier molecular flexibility index (Phi) is 3.04. The smallest absolute Gasteiger partial charge is 0.241 e. The van der Waals surface area contributed by atoms with Gasteiger partial charge in [-0.05, 0) is 33.1 Å². The highest BCUT2D eigenvalue weighted by Crippen LogP contribution is 2.36. The van der Waals surface area contributed by atoms with E-state index >= 15 is 0 Å². The van der Waals surface area contributed by atoms with Crippen LogP contribution < -0.4 is 5.32 Å². The first-order valence-electron chi connectivity index (χ1n) is 7.91. The van der Waals surface area contributed by atoms with E-state index in [9.17, 15) is 4.79 Å². The highest BCUT2D eigenvalue weighted by Gasteiger charge is 2.45. The Morgan fingerprint density at radius 3 is 3.05 bits per heavy atom. The molecule has 1 aliphatic carbocycles. The van der Waals surface area contributed by atoms with Gasteiger partial charge in [-0.25, -0.2) is 0 Å². The van der Waals surface area contributed by atoms with Crippen molar-refractivity contribution >= 4 is 5.91 Å². The molecule has 0 aromatic carbocycles. The quantitative estimate of drug-likeness (QED) is 0.874. The van der Waals surface area contributed by atoms with Crippen molar-refractivity contribution in [3.05, 3.63) is 17.0 Å². The number of ether oxygens (including phenoxy) is 1. The van der Waals surface area contributed by atoms with Gasteiger partial charge < -0.3 is 10.1 Å². The Labute approximate surface area is 124 Å². The summed E-state index contributed by atoms with van der Waals surface area (Å²) in [6, 6.07) is 0.166. The second-order valence-corrected chi connectivity index (χ2v) is 6.44. The Morgan fingerprint density at radius 1 is 1.38 bits per heavy atom. The summed E-state index contributed by atoms with van der Waals surface area (Å²) in [6.07, 6.45) is 3.29. The van der Waals surface area contributed by atoms with Crippen LogP contribution in [0, 0.1) is 0 Å². The molecular formula is C15H22N4O2. The number of hydrogen-bond donors (Lipinski definition) is 1. The molecular weight excluding hydrogens is 268 g/mol. The average molecular weight is 290 g/mol. The predicted octanol–water partition coefficient (Wildman–Crippen LogP) is 0.782. The summed E-state index contributed by atoms with van der Waals surface area (Å²) in [5.41, 5.74) is 3.79. The summed E-state index contributed by atoms with van der Waals surface area (Å²) >= 11 is 0. The molecule has 2 aliphatic heterocycles. The first-order chi connectivity index (χ1) is 10.2. The number of amides is 1. The fraction of sp³-hybridized carbons (Fsp3) is 0.733. The average Bonchev–Trinajstić information content (AvgIpc) is 3.12. The topological polar surface area (TPSA) is 59.4 Å². The summed E-state index contributed by atoms with van der Waals surface area (Å²) in [6.45, 7) is 6.30. The maximum absolute atomic E-state index is 12.2.